The third-order valence-corrected chi connectivity index (χ3v) is 0. The van der Waals surface area contributed by atoms with Crippen molar-refractivity contribution in [1.29, 1.82) is 0 Å². The fourth-order valence-electron chi connectivity index (χ4n) is 0. The van der Waals surface area contributed by atoms with Gasteiger partial charge in [-0.25, -0.2) is 0 Å². The third-order valence-electron chi connectivity index (χ3n) is 0. The minimum absolute atomic E-state index is 0. The van der Waals surface area contributed by atoms with Crippen molar-refractivity contribution in [1.82, 2.24) is 0 Å². The number of hydrogen-bond acceptors (Lipinski definition) is 1. The predicted molar refractivity (Wildman–Crippen MR) is 16.6 cm³/mol. The summed E-state index contributed by atoms with van der Waals surface area (Å²) in [5.74, 6) is 0. The first-order valence-corrected chi connectivity index (χ1v) is 1.94. The van der Waals surface area contributed by atoms with Crippen LogP contribution in [0.2, 0.25) is 0 Å². The Morgan fingerprint density at radius 2 is 1.40 bits per heavy atom. The molecule has 0 bridgehead atoms. The van der Waals surface area contributed by atoms with E-state index in [4.69, 9.17) is 2.69 Å². The molecule has 0 spiro atoms. The molecule has 1 nitrogen and oxygen atoms in total. The zero-order valence-electron chi connectivity index (χ0n) is 7.24. The van der Waals surface area contributed by atoms with Crippen LogP contribution in [0.3, 0.4) is 0 Å². The molecule has 0 fully saturated rings. The fraction of sp³-hybridized carbons (Fsp3) is 0. The number of rotatable bonds is 0. The second-order valence-corrected chi connectivity index (χ2v) is 0. The van der Waals surface area contributed by atoms with Crippen LogP contribution in [0.1, 0.15) is 5.71 Å². The average Bonchev–Trinajstić information content (AvgIpc) is 1.00. The molecule has 5 heavy (non-hydrogen) atoms. The molecule has 0 aromatic carbocycles. The monoisotopic (exact) mass is 231 g/mol. The van der Waals surface area contributed by atoms with Crippen molar-refractivity contribution in [3.05, 3.63) is 0 Å². The summed E-state index contributed by atoms with van der Waals surface area (Å²) in [6.45, 7) is 0. The maximum atomic E-state index is 8.42. The molecule has 0 aliphatic heterocycles. The molecular weight excluding hydrogens is 227 g/mol. The summed E-state index contributed by atoms with van der Waals surface area (Å²) in [7, 11) is 0. The third kappa shape index (κ3) is 22.1. The average molecular weight is 231 g/mol. The standard InChI is InChI=1S/Be.Cd.Mg.O.Zn.4H/q+2;;+2;;;4*-1. The molecule has 0 saturated carbocycles. The number of hydrogen-bond donors (Lipinski definition) is 0. The van der Waals surface area contributed by atoms with Crippen LogP contribution in [0.4, 0.5) is 0 Å². The van der Waals surface area contributed by atoms with Gasteiger partial charge < -0.3 is 5.71 Å². The summed E-state index contributed by atoms with van der Waals surface area (Å²) in [5, 5.41) is 0. The Bertz CT molecular complexity index is 20.5. The molecule has 0 saturated heterocycles. The maximum absolute atomic E-state index is 8.42. The molecular formula is H4BeCdMgOZn. The van der Waals surface area contributed by atoms with Crippen LogP contribution in [-0.4, -0.2) is 33.2 Å². The molecule has 18 valence electrons. The first-order valence-electron chi connectivity index (χ1n) is 0.289. The normalized spacial score (nSPS) is 1.20. The molecule has 0 aliphatic rings. The van der Waals surface area contributed by atoms with Crippen molar-refractivity contribution in [2.45, 2.75) is 0 Å². The summed E-state index contributed by atoms with van der Waals surface area (Å²) >= 11 is -0.1000. The molecule has 0 radical (unpaired) electrons. The summed E-state index contributed by atoms with van der Waals surface area (Å²) in [6, 6.07) is 0. The zero-order valence-corrected chi connectivity index (χ0v) is 11.7. The second-order valence-electron chi connectivity index (χ2n) is 0. The quantitative estimate of drug-likeness (QED) is 0.517. The van der Waals surface area contributed by atoms with Crippen molar-refractivity contribution in [3.8, 4) is 0 Å². The largest absolute Gasteiger partial charge is 0 e. The van der Waals surface area contributed by atoms with Crippen molar-refractivity contribution < 1.29 is 53.7 Å². The molecule has 0 rings (SSSR count). The van der Waals surface area contributed by atoms with Crippen LogP contribution >= 0.6 is 0 Å². The smallest absolute Gasteiger partial charge is 0 e. The van der Waals surface area contributed by atoms with Gasteiger partial charge in [-0.1, -0.05) is 0 Å². The second kappa shape index (κ2) is 33.7. The minimum atomic E-state index is -0.1000. The Labute approximate surface area is 85.9 Å². The van der Waals surface area contributed by atoms with Crippen LogP contribution in [0.15, 0.2) is 0 Å². The molecule has 5 heteroatoms. The molecule has 0 amide bonds. The first kappa shape index (κ1) is 26.7. The van der Waals surface area contributed by atoms with Gasteiger partial charge in [0.05, 0.1) is 0 Å². The van der Waals surface area contributed by atoms with E-state index in [-0.39, 0.29) is 84.1 Å². The maximum Gasteiger partial charge on any atom is 0 e. The van der Waals surface area contributed by atoms with Gasteiger partial charge in [0.25, 0.3) is 0 Å². The van der Waals surface area contributed by atoms with E-state index in [0.717, 1.165) is 0 Å². The van der Waals surface area contributed by atoms with E-state index in [9.17, 15) is 0 Å². The van der Waals surface area contributed by atoms with E-state index < -0.39 is 0 Å². The van der Waals surface area contributed by atoms with Crippen LogP contribution in [0.5, 0.6) is 0 Å². The summed E-state index contributed by atoms with van der Waals surface area (Å²) in [4.78, 5) is 0. The summed E-state index contributed by atoms with van der Waals surface area (Å²) in [6.07, 6.45) is 0. The summed E-state index contributed by atoms with van der Waals surface area (Å²) in [5.41, 5.74) is 0. The van der Waals surface area contributed by atoms with Crippen molar-refractivity contribution in [2.75, 3.05) is 0 Å². The van der Waals surface area contributed by atoms with Crippen LogP contribution in [0.25, 0.3) is 0 Å². The summed E-state index contributed by atoms with van der Waals surface area (Å²) < 4.78 is 8.42. The van der Waals surface area contributed by atoms with Crippen LogP contribution in [0, 0.1) is 0 Å². The van der Waals surface area contributed by atoms with Crippen molar-refractivity contribution in [3.63, 3.8) is 0 Å². The Balaban J connectivity index is -0.000000000238. The molecule has 0 aromatic heterocycles. The van der Waals surface area contributed by atoms with Gasteiger partial charge in [-0.05, 0) is 0 Å². The molecule has 0 unspecified atom stereocenters. The minimum Gasteiger partial charge on any atom is 0 e. The van der Waals surface area contributed by atoms with Crippen molar-refractivity contribution >= 4 is 33.2 Å². The molecule has 0 N–H and O–H groups in total. The van der Waals surface area contributed by atoms with Gasteiger partial charge in [-0.15, -0.1) is 0 Å². The molecule has 0 heterocycles. The van der Waals surface area contributed by atoms with E-state index in [1.807, 2.05) is 0 Å². The topological polar surface area (TPSA) is 17.1 Å². The van der Waals surface area contributed by atoms with Crippen LogP contribution in [-0.2, 0) is 47.9 Å². The SMILES string of the molecule is [Be+2].[H-].[H-].[H-].[H-].[Mg+2].[O]=[Cd].[Zn]. The van der Waals surface area contributed by atoms with E-state index in [0.29, 0.717) is 0 Å². The van der Waals surface area contributed by atoms with E-state index in [1.54, 1.807) is 0 Å². The first-order chi connectivity index (χ1) is 1.00. The Morgan fingerprint density at radius 1 is 1.40 bits per heavy atom. The van der Waals surface area contributed by atoms with Crippen LogP contribution < -0.4 is 0 Å². The Hall–Kier alpha value is 2.28. The van der Waals surface area contributed by atoms with Gasteiger partial charge in [-0.3, -0.25) is 0 Å². The van der Waals surface area contributed by atoms with Gasteiger partial charge in [0, 0.05) is 19.5 Å². The van der Waals surface area contributed by atoms with Gasteiger partial charge >= 0.3 is 61.6 Å². The van der Waals surface area contributed by atoms with Gasteiger partial charge in [0.1, 0.15) is 0 Å². The molecule has 0 aliphatic carbocycles. The Kier molecular flexibility index (Phi) is 180. The Morgan fingerprint density at radius 3 is 1.40 bits per heavy atom. The molecule has 0 atom stereocenters. The zero-order chi connectivity index (χ0) is 2.00. The van der Waals surface area contributed by atoms with Gasteiger partial charge in [-0.2, -0.15) is 0 Å². The van der Waals surface area contributed by atoms with Crippen molar-refractivity contribution in [2.24, 2.45) is 0 Å². The van der Waals surface area contributed by atoms with Gasteiger partial charge in [0.2, 0.25) is 0 Å². The van der Waals surface area contributed by atoms with Gasteiger partial charge in [0.15, 0.2) is 0 Å². The van der Waals surface area contributed by atoms with E-state index in [1.165, 1.54) is 0 Å². The van der Waals surface area contributed by atoms with E-state index >= 15 is 0 Å². The van der Waals surface area contributed by atoms with E-state index in [2.05, 4.69) is 0 Å². The fourth-order valence-corrected chi connectivity index (χ4v) is 0. The molecule has 0 aromatic rings. The predicted octanol–water partition coefficient (Wildman–Crippen LogP) is -0.435.